The maximum atomic E-state index is 11.5. The summed E-state index contributed by atoms with van der Waals surface area (Å²) in [5.41, 5.74) is 3.72. The van der Waals surface area contributed by atoms with Gasteiger partial charge in [0.2, 0.25) is 0 Å². The number of nitrogens with zero attached hydrogens (tertiary/aromatic N) is 2. The number of esters is 1. The Kier molecular flexibility index (Phi) is 3.75. The van der Waals surface area contributed by atoms with Gasteiger partial charge in [0, 0.05) is 18.8 Å². The monoisotopic (exact) mass is 257 g/mol. The van der Waals surface area contributed by atoms with E-state index >= 15 is 0 Å². The molecule has 2 aromatic rings. The number of hydrogen-bond acceptors (Lipinski definition) is 5. The zero-order valence-corrected chi connectivity index (χ0v) is 11.1. The van der Waals surface area contributed by atoms with Gasteiger partial charge in [-0.1, -0.05) is 0 Å². The molecule has 0 aromatic carbocycles. The summed E-state index contributed by atoms with van der Waals surface area (Å²) in [6, 6.07) is 5.71. The molecule has 0 unspecified atom stereocenters. The SMILES string of the molecule is CNc1ccc(-c2cnc(C(=O)OC)c(C)c2)nc1. The highest BCUT2D eigenvalue weighted by Crippen LogP contribution is 2.20. The number of aryl methyl sites for hydroxylation is 1. The highest BCUT2D eigenvalue weighted by atomic mass is 16.5. The minimum Gasteiger partial charge on any atom is -0.464 e. The smallest absolute Gasteiger partial charge is 0.356 e. The predicted molar refractivity (Wildman–Crippen MR) is 73.1 cm³/mol. The Hall–Kier alpha value is -2.43. The Morgan fingerprint density at radius 3 is 2.58 bits per heavy atom. The maximum Gasteiger partial charge on any atom is 0.356 e. The molecule has 0 aliphatic rings. The number of nitrogens with one attached hydrogen (secondary N) is 1. The van der Waals surface area contributed by atoms with E-state index in [2.05, 4.69) is 20.0 Å². The molecule has 0 saturated heterocycles. The van der Waals surface area contributed by atoms with Gasteiger partial charge < -0.3 is 10.1 Å². The first-order valence-electron chi connectivity index (χ1n) is 5.85. The van der Waals surface area contributed by atoms with Crippen molar-refractivity contribution in [3.8, 4) is 11.3 Å². The summed E-state index contributed by atoms with van der Waals surface area (Å²) in [6.07, 6.45) is 3.37. The van der Waals surface area contributed by atoms with Crippen molar-refractivity contribution in [3.05, 3.63) is 41.9 Å². The van der Waals surface area contributed by atoms with E-state index in [9.17, 15) is 4.79 Å². The van der Waals surface area contributed by atoms with E-state index in [1.807, 2.05) is 32.2 Å². The molecule has 0 aliphatic carbocycles. The molecule has 19 heavy (non-hydrogen) atoms. The average molecular weight is 257 g/mol. The summed E-state index contributed by atoms with van der Waals surface area (Å²) in [4.78, 5) is 19.9. The van der Waals surface area contributed by atoms with Crippen LogP contribution in [-0.4, -0.2) is 30.1 Å². The van der Waals surface area contributed by atoms with E-state index in [0.717, 1.165) is 22.5 Å². The van der Waals surface area contributed by atoms with Crippen LogP contribution in [0, 0.1) is 6.92 Å². The summed E-state index contributed by atoms with van der Waals surface area (Å²) in [5, 5.41) is 3.01. The van der Waals surface area contributed by atoms with Gasteiger partial charge in [-0.3, -0.25) is 4.98 Å². The third kappa shape index (κ3) is 2.70. The summed E-state index contributed by atoms with van der Waals surface area (Å²) in [5.74, 6) is -0.428. The molecule has 0 saturated carbocycles. The zero-order valence-electron chi connectivity index (χ0n) is 11.1. The van der Waals surface area contributed by atoms with Gasteiger partial charge in [0.05, 0.1) is 24.7 Å². The third-order valence-corrected chi connectivity index (χ3v) is 2.80. The Balaban J connectivity index is 2.35. The molecular formula is C14H15N3O2. The van der Waals surface area contributed by atoms with Crippen LogP contribution in [0.1, 0.15) is 16.1 Å². The highest BCUT2D eigenvalue weighted by molar-refractivity contribution is 5.89. The van der Waals surface area contributed by atoms with Crippen LogP contribution in [-0.2, 0) is 4.74 Å². The van der Waals surface area contributed by atoms with E-state index in [1.54, 1.807) is 12.4 Å². The molecule has 1 N–H and O–H groups in total. The van der Waals surface area contributed by atoms with Crippen molar-refractivity contribution in [1.82, 2.24) is 9.97 Å². The van der Waals surface area contributed by atoms with Crippen LogP contribution < -0.4 is 5.32 Å². The Bertz CT molecular complexity index is 594. The van der Waals surface area contributed by atoms with Gasteiger partial charge in [-0.05, 0) is 30.7 Å². The largest absolute Gasteiger partial charge is 0.464 e. The Morgan fingerprint density at radius 1 is 1.26 bits per heavy atom. The number of rotatable bonds is 3. The molecule has 2 rings (SSSR count). The van der Waals surface area contributed by atoms with Gasteiger partial charge in [0.25, 0.3) is 0 Å². The molecule has 98 valence electrons. The minimum absolute atomic E-state index is 0.332. The lowest BCUT2D eigenvalue weighted by molar-refractivity contribution is 0.0593. The maximum absolute atomic E-state index is 11.5. The van der Waals surface area contributed by atoms with Crippen molar-refractivity contribution >= 4 is 11.7 Å². The van der Waals surface area contributed by atoms with Gasteiger partial charge in [-0.15, -0.1) is 0 Å². The van der Waals surface area contributed by atoms with Crippen LogP contribution in [0.3, 0.4) is 0 Å². The van der Waals surface area contributed by atoms with E-state index in [1.165, 1.54) is 7.11 Å². The lowest BCUT2D eigenvalue weighted by atomic mass is 10.1. The first-order chi connectivity index (χ1) is 9.15. The van der Waals surface area contributed by atoms with Crippen molar-refractivity contribution in [2.24, 2.45) is 0 Å². The second-order valence-corrected chi connectivity index (χ2v) is 4.06. The van der Waals surface area contributed by atoms with Crippen molar-refractivity contribution in [2.75, 3.05) is 19.5 Å². The van der Waals surface area contributed by atoms with Gasteiger partial charge in [-0.25, -0.2) is 9.78 Å². The molecular weight excluding hydrogens is 242 g/mol. The lowest BCUT2D eigenvalue weighted by Gasteiger charge is -2.06. The van der Waals surface area contributed by atoms with Crippen molar-refractivity contribution in [2.45, 2.75) is 6.92 Å². The quantitative estimate of drug-likeness (QED) is 0.855. The number of hydrogen-bond donors (Lipinski definition) is 1. The number of carbonyl (C=O) groups is 1. The fraction of sp³-hybridized carbons (Fsp3) is 0.214. The van der Waals surface area contributed by atoms with Crippen molar-refractivity contribution < 1.29 is 9.53 Å². The lowest BCUT2D eigenvalue weighted by Crippen LogP contribution is -2.06. The van der Waals surface area contributed by atoms with Crippen LogP contribution in [0.4, 0.5) is 5.69 Å². The van der Waals surface area contributed by atoms with Crippen LogP contribution >= 0.6 is 0 Å². The first-order valence-corrected chi connectivity index (χ1v) is 5.85. The van der Waals surface area contributed by atoms with E-state index in [0.29, 0.717) is 5.69 Å². The van der Waals surface area contributed by atoms with Crippen LogP contribution in [0.15, 0.2) is 30.6 Å². The number of carbonyl (C=O) groups excluding carboxylic acids is 1. The van der Waals surface area contributed by atoms with Crippen LogP contribution in [0.2, 0.25) is 0 Å². The number of aromatic nitrogens is 2. The molecule has 0 aliphatic heterocycles. The predicted octanol–water partition coefficient (Wildman–Crippen LogP) is 2.28. The molecule has 2 aromatic heterocycles. The second kappa shape index (κ2) is 5.48. The molecule has 0 bridgehead atoms. The zero-order chi connectivity index (χ0) is 13.8. The van der Waals surface area contributed by atoms with E-state index in [-0.39, 0.29) is 0 Å². The summed E-state index contributed by atoms with van der Waals surface area (Å²) in [7, 11) is 3.18. The molecule has 2 heterocycles. The fourth-order valence-electron chi connectivity index (χ4n) is 1.74. The van der Waals surface area contributed by atoms with Gasteiger partial charge in [0.15, 0.2) is 5.69 Å². The first kappa shape index (κ1) is 13.0. The van der Waals surface area contributed by atoms with Crippen LogP contribution in [0.5, 0.6) is 0 Å². The molecule has 0 fully saturated rings. The molecule has 0 spiro atoms. The highest BCUT2D eigenvalue weighted by Gasteiger charge is 2.12. The summed E-state index contributed by atoms with van der Waals surface area (Å²) >= 11 is 0. The van der Waals surface area contributed by atoms with Gasteiger partial charge in [0.1, 0.15) is 0 Å². The number of ether oxygens (including phenoxy) is 1. The van der Waals surface area contributed by atoms with Crippen molar-refractivity contribution in [3.63, 3.8) is 0 Å². The van der Waals surface area contributed by atoms with Crippen LogP contribution in [0.25, 0.3) is 11.3 Å². The Labute approximate surface area is 111 Å². The minimum atomic E-state index is -0.428. The molecule has 0 atom stereocenters. The van der Waals surface area contributed by atoms with E-state index < -0.39 is 5.97 Å². The molecule has 0 radical (unpaired) electrons. The van der Waals surface area contributed by atoms with Gasteiger partial charge >= 0.3 is 5.97 Å². The molecule has 5 nitrogen and oxygen atoms in total. The second-order valence-electron chi connectivity index (χ2n) is 4.06. The third-order valence-electron chi connectivity index (χ3n) is 2.80. The average Bonchev–Trinajstić information content (AvgIpc) is 2.46. The molecule has 5 heteroatoms. The normalized spacial score (nSPS) is 10.1. The number of methoxy groups -OCH3 is 1. The number of anilines is 1. The van der Waals surface area contributed by atoms with Crippen molar-refractivity contribution in [1.29, 1.82) is 0 Å². The molecule has 0 amide bonds. The van der Waals surface area contributed by atoms with E-state index in [4.69, 9.17) is 0 Å². The topological polar surface area (TPSA) is 64.1 Å². The Morgan fingerprint density at radius 2 is 2.05 bits per heavy atom. The summed E-state index contributed by atoms with van der Waals surface area (Å²) in [6.45, 7) is 1.82. The number of pyridine rings is 2. The standard InChI is InChI=1S/C14H15N3O2/c1-9-6-10(7-17-13(9)14(18)19-3)12-5-4-11(15-2)8-16-12/h4-8,15H,1-3H3. The fourth-order valence-corrected chi connectivity index (χ4v) is 1.74. The summed E-state index contributed by atoms with van der Waals surface area (Å²) < 4.78 is 4.67. The van der Waals surface area contributed by atoms with Gasteiger partial charge in [-0.2, -0.15) is 0 Å².